The Bertz CT molecular complexity index is 819. The summed E-state index contributed by atoms with van der Waals surface area (Å²) in [5.41, 5.74) is 3.02. The number of thiophene rings is 1. The molecule has 1 aromatic heterocycles. The molecule has 1 aromatic carbocycles. The van der Waals surface area contributed by atoms with E-state index in [0.29, 0.717) is 10.6 Å². The van der Waals surface area contributed by atoms with E-state index in [-0.39, 0.29) is 18.0 Å². The molecular weight excluding hydrogens is 332 g/mol. The summed E-state index contributed by atoms with van der Waals surface area (Å²) < 4.78 is 0. The summed E-state index contributed by atoms with van der Waals surface area (Å²) in [6, 6.07) is 9.05. The summed E-state index contributed by atoms with van der Waals surface area (Å²) >= 11 is 1.31. The summed E-state index contributed by atoms with van der Waals surface area (Å²) in [5.74, 6) is -1.32. The maximum Gasteiger partial charge on any atom is 0.343 e. The Morgan fingerprint density at radius 2 is 1.96 bits per heavy atom. The Morgan fingerprint density at radius 1 is 1.12 bits per heavy atom. The van der Waals surface area contributed by atoms with E-state index in [2.05, 4.69) is 16.1 Å². The Kier molecular flexibility index (Phi) is 4.25. The van der Waals surface area contributed by atoms with Gasteiger partial charge in [-0.25, -0.2) is 9.80 Å². The van der Waals surface area contributed by atoms with Crippen LogP contribution in [-0.4, -0.2) is 35.3 Å². The maximum atomic E-state index is 12.2. The van der Waals surface area contributed by atoms with Crippen molar-refractivity contribution < 1.29 is 19.2 Å². The van der Waals surface area contributed by atoms with Gasteiger partial charge in [-0.1, -0.05) is 12.1 Å². The number of urea groups is 1. The van der Waals surface area contributed by atoms with Gasteiger partial charge in [0.2, 0.25) is 5.91 Å². The normalized spacial score (nSPS) is 13.6. The highest BCUT2D eigenvalue weighted by atomic mass is 32.1. The summed E-state index contributed by atoms with van der Waals surface area (Å²) in [5, 5.41) is 7.43. The number of hydrogen-bond acceptors (Lipinski definition) is 5. The van der Waals surface area contributed by atoms with E-state index in [1.54, 1.807) is 29.6 Å². The fourth-order valence-electron chi connectivity index (χ4n) is 2.06. The number of amides is 5. The van der Waals surface area contributed by atoms with Crippen molar-refractivity contribution in [2.45, 2.75) is 0 Å². The monoisotopic (exact) mass is 344 g/mol. The largest absolute Gasteiger partial charge is 0.343 e. The lowest BCUT2D eigenvalue weighted by Gasteiger charge is -2.14. The molecule has 1 fully saturated rings. The summed E-state index contributed by atoms with van der Waals surface area (Å²) in [7, 11) is 0. The van der Waals surface area contributed by atoms with Crippen molar-refractivity contribution >= 4 is 40.8 Å². The number of nitrogens with one attached hydrogen (secondary N) is 3. The summed E-state index contributed by atoms with van der Waals surface area (Å²) in [6.07, 6.45) is 0. The molecule has 0 radical (unpaired) electrons. The average molecular weight is 344 g/mol. The molecule has 0 spiro atoms. The van der Waals surface area contributed by atoms with E-state index < -0.39 is 17.8 Å². The Morgan fingerprint density at radius 3 is 2.62 bits per heavy atom. The third-order valence-electron chi connectivity index (χ3n) is 3.16. The minimum atomic E-state index is -0.685. The molecule has 0 bridgehead atoms. The zero-order valence-corrected chi connectivity index (χ0v) is 13.1. The number of nitrogens with zero attached hydrogens (tertiary/aromatic N) is 1. The van der Waals surface area contributed by atoms with Crippen LogP contribution in [0.2, 0.25) is 0 Å². The average Bonchev–Trinajstić information content (AvgIpc) is 3.18. The number of hydrazine groups is 1. The van der Waals surface area contributed by atoms with Crippen LogP contribution in [0.5, 0.6) is 0 Å². The molecule has 0 unspecified atom stereocenters. The highest BCUT2D eigenvalue weighted by Gasteiger charge is 2.28. The Labute approximate surface area is 140 Å². The summed E-state index contributed by atoms with van der Waals surface area (Å²) in [6.45, 7) is -0.237. The SMILES string of the molecule is O=C1CN(NC(=O)c2cccc(NC(=O)c3cccs3)c2)C(=O)N1. The van der Waals surface area contributed by atoms with Crippen molar-refractivity contribution in [3.63, 3.8) is 0 Å². The third-order valence-corrected chi connectivity index (χ3v) is 4.03. The lowest BCUT2D eigenvalue weighted by Crippen LogP contribution is -2.44. The van der Waals surface area contributed by atoms with Gasteiger partial charge in [0, 0.05) is 11.3 Å². The summed E-state index contributed by atoms with van der Waals surface area (Å²) in [4.78, 5) is 47.2. The van der Waals surface area contributed by atoms with Crippen LogP contribution in [0, 0.1) is 0 Å². The fourth-order valence-corrected chi connectivity index (χ4v) is 2.68. The van der Waals surface area contributed by atoms with Gasteiger partial charge in [-0.15, -0.1) is 11.3 Å². The third kappa shape index (κ3) is 3.41. The van der Waals surface area contributed by atoms with E-state index in [9.17, 15) is 19.2 Å². The van der Waals surface area contributed by atoms with Gasteiger partial charge in [0.05, 0.1) is 4.88 Å². The van der Waals surface area contributed by atoms with Gasteiger partial charge in [0.25, 0.3) is 11.8 Å². The molecule has 2 aromatic rings. The van der Waals surface area contributed by atoms with Crippen molar-refractivity contribution in [1.29, 1.82) is 0 Å². The van der Waals surface area contributed by atoms with Crippen LogP contribution in [0.1, 0.15) is 20.0 Å². The van der Waals surface area contributed by atoms with E-state index in [1.165, 1.54) is 23.5 Å². The lowest BCUT2D eigenvalue weighted by molar-refractivity contribution is -0.118. The van der Waals surface area contributed by atoms with Gasteiger partial charge in [0.15, 0.2) is 0 Å². The second kappa shape index (κ2) is 6.50. The topological polar surface area (TPSA) is 108 Å². The highest BCUT2D eigenvalue weighted by Crippen LogP contribution is 2.15. The number of benzene rings is 1. The van der Waals surface area contributed by atoms with Gasteiger partial charge in [0.1, 0.15) is 6.54 Å². The first-order valence-electron chi connectivity index (χ1n) is 6.90. The Balaban J connectivity index is 1.68. The van der Waals surface area contributed by atoms with Gasteiger partial charge < -0.3 is 5.32 Å². The first-order valence-corrected chi connectivity index (χ1v) is 7.78. The second-order valence-electron chi connectivity index (χ2n) is 4.89. The molecular formula is C15H12N4O4S. The van der Waals surface area contributed by atoms with Crippen LogP contribution in [0.3, 0.4) is 0 Å². The maximum absolute atomic E-state index is 12.2. The molecule has 0 aliphatic carbocycles. The van der Waals surface area contributed by atoms with Crippen LogP contribution in [-0.2, 0) is 4.79 Å². The van der Waals surface area contributed by atoms with Crippen molar-refractivity contribution in [2.75, 3.05) is 11.9 Å². The molecule has 0 saturated carbocycles. The highest BCUT2D eigenvalue weighted by molar-refractivity contribution is 7.12. The van der Waals surface area contributed by atoms with E-state index in [4.69, 9.17) is 0 Å². The molecule has 122 valence electrons. The molecule has 1 saturated heterocycles. The fraction of sp³-hybridized carbons (Fsp3) is 0.0667. The number of rotatable bonds is 4. The molecule has 5 amide bonds. The van der Waals surface area contributed by atoms with Gasteiger partial charge in [-0.2, -0.15) is 0 Å². The van der Waals surface area contributed by atoms with Crippen LogP contribution < -0.4 is 16.1 Å². The van der Waals surface area contributed by atoms with Crippen LogP contribution >= 0.6 is 11.3 Å². The van der Waals surface area contributed by atoms with Crippen molar-refractivity contribution in [1.82, 2.24) is 15.8 Å². The first kappa shape index (κ1) is 15.7. The lowest BCUT2D eigenvalue weighted by atomic mass is 10.2. The zero-order chi connectivity index (χ0) is 17.1. The van der Waals surface area contributed by atoms with Crippen LogP contribution in [0.4, 0.5) is 10.5 Å². The first-order chi connectivity index (χ1) is 11.5. The number of carbonyl (C=O) groups excluding carboxylic acids is 4. The minimum Gasteiger partial charge on any atom is -0.321 e. The molecule has 3 N–H and O–H groups in total. The number of hydrogen-bond donors (Lipinski definition) is 3. The quantitative estimate of drug-likeness (QED) is 0.724. The molecule has 9 heteroatoms. The van der Waals surface area contributed by atoms with E-state index in [1.807, 2.05) is 0 Å². The predicted octanol–water partition coefficient (Wildman–Crippen LogP) is 1.20. The van der Waals surface area contributed by atoms with Crippen molar-refractivity contribution in [3.05, 3.63) is 52.2 Å². The molecule has 3 rings (SSSR count). The van der Waals surface area contributed by atoms with Crippen LogP contribution in [0.25, 0.3) is 0 Å². The predicted molar refractivity (Wildman–Crippen MR) is 86.4 cm³/mol. The number of carbonyl (C=O) groups is 4. The van der Waals surface area contributed by atoms with Crippen molar-refractivity contribution in [3.8, 4) is 0 Å². The van der Waals surface area contributed by atoms with Crippen molar-refractivity contribution in [2.24, 2.45) is 0 Å². The van der Waals surface area contributed by atoms with Gasteiger partial charge in [-0.05, 0) is 29.6 Å². The molecule has 8 nitrogen and oxygen atoms in total. The van der Waals surface area contributed by atoms with E-state index in [0.717, 1.165) is 5.01 Å². The Hall–Kier alpha value is -3.20. The molecule has 2 heterocycles. The molecule has 1 aliphatic heterocycles. The van der Waals surface area contributed by atoms with Crippen LogP contribution in [0.15, 0.2) is 41.8 Å². The number of imide groups is 1. The smallest absolute Gasteiger partial charge is 0.321 e. The molecule has 0 atom stereocenters. The van der Waals surface area contributed by atoms with E-state index >= 15 is 0 Å². The van der Waals surface area contributed by atoms with Gasteiger partial charge in [-0.3, -0.25) is 25.1 Å². The standard InChI is InChI=1S/C15H12N4O4S/c20-12-8-19(15(23)17-12)18-13(21)9-3-1-4-10(7-9)16-14(22)11-5-2-6-24-11/h1-7H,8H2,(H,16,22)(H,18,21)(H,17,20,23). The number of anilines is 1. The minimum absolute atomic E-state index is 0.237. The second-order valence-corrected chi connectivity index (χ2v) is 5.84. The molecule has 1 aliphatic rings. The molecule has 24 heavy (non-hydrogen) atoms. The van der Waals surface area contributed by atoms with Gasteiger partial charge >= 0.3 is 6.03 Å². The zero-order valence-electron chi connectivity index (χ0n) is 12.2.